The first-order valence-electron chi connectivity index (χ1n) is 9.52. The molecule has 3 aromatic rings. The van der Waals surface area contributed by atoms with Gasteiger partial charge in [0.05, 0.1) is 24.1 Å². The number of nitrogens with one attached hydrogen (secondary N) is 1. The molecule has 0 atom stereocenters. The van der Waals surface area contributed by atoms with Gasteiger partial charge in [0.15, 0.2) is 0 Å². The fraction of sp³-hybridized carbons (Fsp3) is 0.273. The zero-order valence-corrected chi connectivity index (χ0v) is 16.3. The molecule has 0 saturated heterocycles. The summed E-state index contributed by atoms with van der Waals surface area (Å²) in [4.78, 5) is 15.8. The zero-order chi connectivity index (χ0) is 21.1. The largest absolute Gasteiger partial charge is 0.465 e. The maximum Gasteiger partial charge on any atom is 0.337 e. The first-order valence-corrected chi connectivity index (χ1v) is 9.52. The Kier molecular flexibility index (Phi) is 5.39. The molecular weight excluding hydrogens is 390 g/mol. The van der Waals surface area contributed by atoms with Gasteiger partial charge in [-0.2, -0.15) is 0 Å². The van der Waals surface area contributed by atoms with Crippen molar-refractivity contribution in [3.05, 3.63) is 71.8 Å². The smallest absolute Gasteiger partial charge is 0.337 e. The third-order valence-corrected chi connectivity index (χ3v) is 5.34. The Morgan fingerprint density at radius 3 is 2.70 bits per heavy atom. The van der Waals surface area contributed by atoms with Gasteiger partial charge in [-0.3, -0.25) is 4.98 Å². The Morgan fingerprint density at radius 2 is 2.03 bits per heavy atom. The number of nitrogens with zero attached hydrogens (tertiary/aromatic N) is 3. The number of anilines is 1. The van der Waals surface area contributed by atoms with Gasteiger partial charge in [0.2, 0.25) is 0 Å². The molecule has 1 aliphatic carbocycles. The second-order valence-electron chi connectivity index (χ2n) is 7.35. The van der Waals surface area contributed by atoms with Crippen molar-refractivity contribution in [3.8, 4) is 11.3 Å². The molecule has 0 amide bonds. The fourth-order valence-electron chi connectivity index (χ4n) is 3.75. The lowest BCUT2D eigenvalue weighted by atomic mass is 9.65. The molecule has 1 aromatic carbocycles. The third-order valence-electron chi connectivity index (χ3n) is 5.34. The van der Waals surface area contributed by atoms with E-state index >= 15 is 0 Å². The van der Waals surface area contributed by atoms with Crippen LogP contribution in [0.1, 0.15) is 28.9 Å². The number of methoxy groups -OCH3 is 1. The lowest BCUT2D eigenvalue weighted by Gasteiger charge is -2.44. The van der Waals surface area contributed by atoms with Gasteiger partial charge < -0.3 is 10.1 Å². The van der Waals surface area contributed by atoms with Gasteiger partial charge >= 0.3 is 5.97 Å². The second kappa shape index (κ2) is 8.14. The van der Waals surface area contributed by atoms with Crippen molar-refractivity contribution in [1.29, 1.82) is 0 Å². The van der Waals surface area contributed by atoms with Crippen LogP contribution in [-0.2, 0) is 10.2 Å². The van der Waals surface area contributed by atoms with Gasteiger partial charge in [0.1, 0.15) is 17.8 Å². The highest BCUT2D eigenvalue weighted by Crippen LogP contribution is 2.45. The van der Waals surface area contributed by atoms with Crippen molar-refractivity contribution in [2.45, 2.75) is 24.4 Å². The van der Waals surface area contributed by atoms with Crippen LogP contribution in [0.25, 0.3) is 11.3 Å². The molecule has 1 fully saturated rings. The highest BCUT2D eigenvalue weighted by molar-refractivity contribution is 5.90. The Morgan fingerprint density at radius 1 is 1.20 bits per heavy atom. The minimum atomic E-state index is -0.969. The number of hydrogen-bond donors (Lipinski definition) is 1. The molecule has 0 radical (unpaired) electrons. The number of aromatic nitrogens is 3. The van der Waals surface area contributed by atoms with Gasteiger partial charge in [-0.15, -0.1) is 10.2 Å². The molecule has 2 aromatic heterocycles. The van der Waals surface area contributed by atoms with Crippen LogP contribution in [0.2, 0.25) is 0 Å². The number of alkyl halides is 1. The van der Waals surface area contributed by atoms with Crippen molar-refractivity contribution in [1.82, 2.24) is 15.2 Å². The molecule has 2 heterocycles. The minimum absolute atomic E-state index is 0.208. The van der Waals surface area contributed by atoms with Crippen LogP contribution in [0.5, 0.6) is 0 Å². The first-order chi connectivity index (χ1) is 14.5. The van der Waals surface area contributed by atoms with Gasteiger partial charge in [-0.1, -0.05) is 12.1 Å². The van der Waals surface area contributed by atoms with E-state index in [0.29, 0.717) is 23.6 Å². The summed E-state index contributed by atoms with van der Waals surface area (Å²) < 4.78 is 32.6. The molecule has 4 rings (SSSR count). The van der Waals surface area contributed by atoms with Crippen molar-refractivity contribution in [3.63, 3.8) is 0 Å². The summed E-state index contributed by atoms with van der Waals surface area (Å²) >= 11 is 0. The van der Waals surface area contributed by atoms with Crippen molar-refractivity contribution in [2.24, 2.45) is 0 Å². The van der Waals surface area contributed by atoms with Crippen molar-refractivity contribution < 1.29 is 18.3 Å². The zero-order valence-electron chi connectivity index (χ0n) is 16.3. The number of carbonyl (C=O) groups excluding carboxylic acids is 1. The van der Waals surface area contributed by atoms with E-state index in [1.807, 2.05) is 6.07 Å². The van der Waals surface area contributed by atoms with E-state index < -0.39 is 23.4 Å². The first kappa shape index (κ1) is 19.9. The number of benzene rings is 1. The van der Waals surface area contributed by atoms with Crippen LogP contribution in [0, 0.1) is 5.82 Å². The van der Waals surface area contributed by atoms with E-state index in [2.05, 4.69) is 20.5 Å². The van der Waals surface area contributed by atoms with Crippen LogP contribution in [-0.4, -0.2) is 41.0 Å². The normalized spacial score (nSPS) is 20.3. The Bertz CT molecular complexity index is 1050. The lowest BCUT2D eigenvalue weighted by molar-refractivity contribution is 0.0600. The molecule has 30 heavy (non-hydrogen) atoms. The van der Waals surface area contributed by atoms with Crippen LogP contribution >= 0.6 is 0 Å². The van der Waals surface area contributed by atoms with E-state index in [9.17, 15) is 13.6 Å². The number of rotatable bonds is 6. The number of halogens is 2. The summed E-state index contributed by atoms with van der Waals surface area (Å²) in [5.74, 6) is -0.374. The molecule has 0 bridgehead atoms. The highest BCUT2D eigenvalue weighted by Gasteiger charge is 2.48. The third kappa shape index (κ3) is 3.85. The average Bonchev–Trinajstić information content (AvgIpc) is 2.76. The molecule has 0 spiro atoms. The number of hydrogen-bond acceptors (Lipinski definition) is 6. The molecule has 8 heteroatoms. The number of pyridine rings is 1. The topological polar surface area (TPSA) is 77.0 Å². The summed E-state index contributed by atoms with van der Waals surface area (Å²) in [5, 5.41) is 11.5. The average molecular weight is 410 g/mol. The van der Waals surface area contributed by atoms with Crippen LogP contribution in [0.3, 0.4) is 0 Å². The molecule has 1 aliphatic rings. The van der Waals surface area contributed by atoms with Crippen LogP contribution in [0.4, 0.5) is 14.6 Å². The Balaban J connectivity index is 1.49. The van der Waals surface area contributed by atoms with E-state index in [0.717, 1.165) is 5.56 Å². The standard InChI is InChI=1S/C22H20F2N4O2/c1-30-21(29)15-5-2-4-14(10-15)18-7-8-19(28-27-18)26-13-22(11-16(23)12-22)20-17(24)6-3-9-25-20/h2-10,16H,11-13H2,1H3,(H,26,28). The fourth-order valence-corrected chi connectivity index (χ4v) is 3.75. The van der Waals surface area contributed by atoms with Gasteiger partial charge in [-0.25, -0.2) is 13.6 Å². The van der Waals surface area contributed by atoms with Crippen LogP contribution in [0.15, 0.2) is 54.7 Å². The monoisotopic (exact) mass is 410 g/mol. The molecule has 0 unspecified atom stereocenters. The molecule has 6 nitrogen and oxygen atoms in total. The van der Waals surface area contributed by atoms with Gasteiger partial charge in [0, 0.05) is 23.7 Å². The van der Waals surface area contributed by atoms with E-state index in [1.54, 1.807) is 30.3 Å². The summed E-state index contributed by atoms with van der Waals surface area (Å²) in [6.07, 6.45) is 0.964. The number of esters is 1. The summed E-state index contributed by atoms with van der Waals surface area (Å²) in [7, 11) is 1.33. The summed E-state index contributed by atoms with van der Waals surface area (Å²) in [5.41, 5.74) is 1.30. The molecule has 0 aliphatic heterocycles. The highest BCUT2D eigenvalue weighted by atomic mass is 19.1. The summed E-state index contributed by atoms with van der Waals surface area (Å²) in [6.45, 7) is 0.299. The van der Waals surface area contributed by atoms with Gasteiger partial charge in [0.25, 0.3) is 0 Å². The SMILES string of the molecule is COC(=O)c1cccc(-c2ccc(NCC3(c4ncccc4F)CC(F)C3)nn2)c1. The molecule has 1 saturated carbocycles. The quantitative estimate of drug-likeness (QED) is 0.620. The van der Waals surface area contributed by atoms with E-state index in [-0.39, 0.29) is 18.5 Å². The van der Waals surface area contributed by atoms with E-state index in [1.165, 1.54) is 25.4 Å². The molecule has 1 N–H and O–H groups in total. The Labute approximate surface area is 172 Å². The maximum absolute atomic E-state index is 14.2. The lowest BCUT2D eigenvalue weighted by Crippen LogP contribution is -2.49. The molecular formula is C22H20F2N4O2. The molecule has 154 valence electrons. The van der Waals surface area contributed by atoms with Crippen molar-refractivity contribution in [2.75, 3.05) is 19.0 Å². The number of ether oxygens (including phenoxy) is 1. The second-order valence-corrected chi connectivity index (χ2v) is 7.35. The Hall–Kier alpha value is -3.42. The van der Waals surface area contributed by atoms with Crippen LogP contribution < -0.4 is 5.32 Å². The summed E-state index contributed by atoms with van der Waals surface area (Å²) in [6, 6.07) is 13.3. The maximum atomic E-state index is 14.2. The van der Waals surface area contributed by atoms with Crippen molar-refractivity contribution >= 4 is 11.8 Å². The van der Waals surface area contributed by atoms with Gasteiger partial charge in [-0.05, 0) is 49.2 Å². The van der Waals surface area contributed by atoms with E-state index in [4.69, 9.17) is 4.74 Å². The minimum Gasteiger partial charge on any atom is -0.465 e. The number of carbonyl (C=O) groups is 1. The predicted molar refractivity (Wildman–Crippen MR) is 107 cm³/mol. The predicted octanol–water partition coefficient (Wildman–Crippen LogP) is 3.95.